The van der Waals surface area contributed by atoms with Gasteiger partial charge in [0, 0.05) is 0 Å². The van der Waals surface area contributed by atoms with Crippen LogP contribution < -0.4 is 4.74 Å². The van der Waals surface area contributed by atoms with Crippen LogP contribution in [0.4, 0.5) is 0 Å². The zero-order valence-electron chi connectivity index (χ0n) is 8.80. The van der Waals surface area contributed by atoms with E-state index in [1.165, 1.54) is 0 Å². The molecule has 1 unspecified atom stereocenters. The lowest BCUT2D eigenvalue weighted by atomic mass is 10.0. The molecule has 0 aromatic heterocycles. The van der Waals surface area contributed by atoms with Gasteiger partial charge in [0.25, 0.3) is 0 Å². The van der Waals surface area contributed by atoms with Crippen molar-refractivity contribution in [2.75, 3.05) is 7.11 Å². The Balaban J connectivity index is 3.27. The number of benzene rings is 1. The molecule has 0 fully saturated rings. The smallest absolute Gasteiger partial charge is 0.195 e. The van der Waals surface area contributed by atoms with Crippen molar-refractivity contribution in [3.63, 3.8) is 0 Å². The second kappa shape index (κ2) is 4.99. The molecule has 2 nitrogen and oxygen atoms in total. The van der Waals surface area contributed by atoms with Gasteiger partial charge in [-0.3, -0.25) is 4.79 Å². The number of carbonyl (C=O) groups excluding carboxylic acids is 1. The highest BCUT2D eigenvalue weighted by atomic mass is 79.9. The van der Waals surface area contributed by atoms with Crippen LogP contribution >= 0.6 is 27.5 Å². The molecule has 0 heterocycles. The average molecular weight is 292 g/mol. The number of hydrogen-bond donors (Lipinski definition) is 0. The van der Waals surface area contributed by atoms with Gasteiger partial charge in [-0.1, -0.05) is 15.9 Å². The molecule has 0 bridgehead atoms. The van der Waals surface area contributed by atoms with Crippen molar-refractivity contribution in [2.45, 2.75) is 18.1 Å². The Kier molecular flexibility index (Phi) is 4.17. The molecule has 15 heavy (non-hydrogen) atoms. The number of carbonyl (C=O) groups is 1. The van der Waals surface area contributed by atoms with Gasteiger partial charge in [0.15, 0.2) is 10.1 Å². The lowest BCUT2D eigenvalue weighted by Gasteiger charge is -2.11. The Morgan fingerprint density at radius 3 is 2.40 bits per heavy atom. The van der Waals surface area contributed by atoms with Gasteiger partial charge in [0.05, 0.1) is 12.7 Å². The van der Waals surface area contributed by atoms with E-state index in [1.807, 2.05) is 19.9 Å². The molecule has 0 amide bonds. The summed E-state index contributed by atoms with van der Waals surface area (Å²) in [4.78, 5) is 11.7. The topological polar surface area (TPSA) is 26.3 Å². The van der Waals surface area contributed by atoms with E-state index in [-0.39, 0.29) is 5.78 Å². The SMILES string of the molecule is COc1cc(C)c(C)cc1C(=O)C(Cl)Br. The number of aryl methyl sites for hydroxylation is 2. The largest absolute Gasteiger partial charge is 0.496 e. The monoisotopic (exact) mass is 290 g/mol. The molecular weight excluding hydrogens is 279 g/mol. The van der Waals surface area contributed by atoms with Crippen LogP contribution in [0.2, 0.25) is 0 Å². The summed E-state index contributed by atoms with van der Waals surface area (Å²) in [6.45, 7) is 3.92. The van der Waals surface area contributed by atoms with Crippen molar-refractivity contribution < 1.29 is 9.53 Å². The van der Waals surface area contributed by atoms with E-state index in [0.717, 1.165) is 11.1 Å². The third-order valence-corrected chi connectivity index (χ3v) is 2.89. The highest BCUT2D eigenvalue weighted by Crippen LogP contribution is 2.26. The fraction of sp³-hybridized carbons (Fsp3) is 0.364. The molecule has 0 aliphatic rings. The minimum absolute atomic E-state index is 0.184. The fourth-order valence-electron chi connectivity index (χ4n) is 1.27. The summed E-state index contributed by atoms with van der Waals surface area (Å²) in [5.41, 5.74) is 2.64. The van der Waals surface area contributed by atoms with E-state index in [9.17, 15) is 4.79 Å². The third-order valence-electron chi connectivity index (χ3n) is 2.28. The first kappa shape index (κ1) is 12.5. The number of methoxy groups -OCH3 is 1. The summed E-state index contributed by atoms with van der Waals surface area (Å²) in [6, 6.07) is 3.64. The number of ether oxygens (including phenoxy) is 1. The first-order valence-corrected chi connectivity index (χ1v) is 5.80. The number of alkyl halides is 2. The molecule has 1 aromatic carbocycles. The maximum absolute atomic E-state index is 11.7. The van der Waals surface area contributed by atoms with Gasteiger partial charge in [-0.25, -0.2) is 0 Å². The number of hydrogen-bond acceptors (Lipinski definition) is 2. The van der Waals surface area contributed by atoms with Gasteiger partial charge in [0.1, 0.15) is 5.75 Å². The molecular formula is C11H12BrClO2. The maximum Gasteiger partial charge on any atom is 0.195 e. The Morgan fingerprint density at radius 1 is 1.40 bits per heavy atom. The van der Waals surface area contributed by atoms with Crippen LogP contribution in [0.15, 0.2) is 12.1 Å². The predicted molar refractivity (Wildman–Crippen MR) is 65.4 cm³/mol. The molecule has 0 aliphatic carbocycles. The number of ketones is 1. The van der Waals surface area contributed by atoms with Crippen LogP contribution in [0.1, 0.15) is 21.5 Å². The Bertz CT molecular complexity index is 388. The lowest BCUT2D eigenvalue weighted by molar-refractivity contribution is 0.101. The van der Waals surface area contributed by atoms with Gasteiger partial charge in [0.2, 0.25) is 0 Å². The van der Waals surface area contributed by atoms with Crippen molar-refractivity contribution in [1.29, 1.82) is 0 Å². The minimum atomic E-state index is -0.714. The molecule has 0 spiro atoms. The van der Waals surface area contributed by atoms with Crippen molar-refractivity contribution in [1.82, 2.24) is 0 Å². The summed E-state index contributed by atoms with van der Waals surface area (Å²) in [5.74, 6) is 0.379. The molecule has 1 atom stereocenters. The summed E-state index contributed by atoms with van der Waals surface area (Å²) in [5, 5.41) is 0. The predicted octanol–water partition coefficient (Wildman–Crippen LogP) is 3.45. The van der Waals surface area contributed by atoms with Crippen molar-refractivity contribution in [2.24, 2.45) is 0 Å². The van der Waals surface area contributed by atoms with E-state index >= 15 is 0 Å². The van der Waals surface area contributed by atoms with Crippen molar-refractivity contribution in [3.8, 4) is 5.75 Å². The summed E-state index contributed by atoms with van der Waals surface area (Å²) >= 11 is 8.74. The zero-order valence-corrected chi connectivity index (χ0v) is 11.1. The number of Topliss-reactive ketones (excluding diaryl/α,β-unsaturated/α-hetero) is 1. The van der Waals surface area contributed by atoms with E-state index in [4.69, 9.17) is 16.3 Å². The van der Waals surface area contributed by atoms with Gasteiger partial charge in [-0.05, 0) is 37.1 Å². The van der Waals surface area contributed by atoms with Crippen LogP contribution in [0, 0.1) is 13.8 Å². The first-order valence-electron chi connectivity index (χ1n) is 4.45. The van der Waals surface area contributed by atoms with E-state index in [0.29, 0.717) is 11.3 Å². The van der Waals surface area contributed by atoms with Crippen molar-refractivity contribution >= 4 is 33.3 Å². The Labute approximate surface area is 103 Å². The van der Waals surface area contributed by atoms with E-state index in [1.54, 1.807) is 13.2 Å². The van der Waals surface area contributed by atoms with Gasteiger partial charge >= 0.3 is 0 Å². The van der Waals surface area contributed by atoms with Crippen LogP contribution in [-0.2, 0) is 0 Å². The normalized spacial score (nSPS) is 12.3. The number of halogens is 2. The van der Waals surface area contributed by atoms with Crippen LogP contribution in [-0.4, -0.2) is 17.2 Å². The molecule has 1 aromatic rings. The van der Waals surface area contributed by atoms with Crippen LogP contribution in [0.25, 0.3) is 0 Å². The molecule has 0 saturated heterocycles. The first-order chi connectivity index (χ1) is 6.97. The fourth-order valence-corrected chi connectivity index (χ4v) is 1.63. The Hall–Kier alpha value is -0.540. The highest BCUT2D eigenvalue weighted by Gasteiger charge is 2.19. The van der Waals surface area contributed by atoms with Gasteiger partial charge in [-0.2, -0.15) is 0 Å². The van der Waals surface area contributed by atoms with Crippen LogP contribution in [0.5, 0.6) is 5.75 Å². The molecule has 0 aliphatic heterocycles. The molecule has 0 N–H and O–H groups in total. The Morgan fingerprint density at radius 2 is 1.93 bits per heavy atom. The summed E-state index contributed by atoms with van der Waals surface area (Å²) < 4.78 is 4.44. The summed E-state index contributed by atoms with van der Waals surface area (Å²) in [7, 11) is 1.54. The molecule has 4 heteroatoms. The van der Waals surface area contributed by atoms with Crippen molar-refractivity contribution in [3.05, 3.63) is 28.8 Å². The quantitative estimate of drug-likeness (QED) is 0.630. The standard InChI is InChI=1S/C11H12BrClO2/c1-6-4-8(10(14)11(12)13)9(15-3)5-7(6)2/h4-5,11H,1-3H3. The van der Waals surface area contributed by atoms with Gasteiger partial charge in [-0.15, -0.1) is 11.6 Å². The number of rotatable bonds is 3. The highest BCUT2D eigenvalue weighted by molar-refractivity contribution is 9.10. The second-order valence-corrected chi connectivity index (χ2v) is 5.18. The van der Waals surface area contributed by atoms with E-state index in [2.05, 4.69) is 15.9 Å². The lowest BCUT2D eigenvalue weighted by Crippen LogP contribution is -2.10. The molecule has 82 valence electrons. The zero-order chi connectivity index (χ0) is 11.6. The molecule has 1 rings (SSSR count). The molecule has 0 saturated carbocycles. The summed E-state index contributed by atoms with van der Waals surface area (Å²) in [6.07, 6.45) is 0. The maximum atomic E-state index is 11.7. The van der Waals surface area contributed by atoms with E-state index < -0.39 is 4.29 Å². The average Bonchev–Trinajstić information content (AvgIpc) is 2.20. The second-order valence-electron chi connectivity index (χ2n) is 3.30. The minimum Gasteiger partial charge on any atom is -0.496 e. The van der Waals surface area contributed by atoms with Crippen LogP contribution in [0.3, 0.4) is 0 Å². The van der Waals surface area contributed by atoms with Gasteiger partial charge < -0.3 is 4.74 Å². The third kappa shape index (κ3) is 2.73. The molecule has 0 radical (unpaired) electrons.